The first-order valence-electron chi connectivity index (χ1n) is 8.75. The van der Waals surface area contributed by atoms with Crippen molar-refractivity contribution in [3.05, 3.63) is 44.9 Å². The van der Waals surface area contributed by atoms with E-state index in [9.17, 15) is 4.79 Å². The maximum Gasteiger partial charge on any atom is 0.263 e. The molecule has 1 aliphatic heterocycles. The Kier molecular flexibility index (Phi) is 4.77. The number of aryl methyl sites for hydroxylation is 1. The first-order valence-corrected chi connectivity index (χ1v) is 10.4. The number of thiophene rings is 1. The van der Waals surface area contributed by atoms with Crippen LogP contribution in [-0.2, 0) is 6.54 Å². The third-order valence-electron chi connectivity index (χ3n) is 4.83. The summed E-state index contributed by atoms with van der Waals surface area (Å²) < 4.78 is 0. The van der Waals surface area contributed by atoms with Crippen LogP contribution in [0.1, 0.15) is 37.5 Å². The lowest BCUT2D eigenvalue weighted by Crippen LogP contribution is -2.23. The second-order valence-corrected chi connectivity index (χ2v) is 9.29. The van der Waals surface area contributed by atoms with Gasteiger partial charge in [-0.3, -0.25) is 9.69 Å². The first kappa shape index (κ1) is 17.6. The van der Waals surface area contributed by atoms with E-state index < -0.39 is 0 Å². The molecule has 0 N–H and O–H groups in total. The number of carbonyl (C=O) groups is 1. The summed E-state index contributed by atoms with van der Waals surface area (Å²) in [6.07, 6.45) is 4.87. The van der Waals surface area contributed by atoms with Gasteiger partial charge < -0.3 is 4.90 Å². The van der Waals surface area contributed by atoms with Gasteiger partial charge in [0.05, 0.1) is 9.88 Å². The number of hydrogen-bond acceptors (Lipinski definition) is 6. The topological polar surface area (TPSA) is 49.3 Å². The zero-order valence-electron chi connectivity index (χ0n) is 15.2. The van der Waals surface area contributed by atoms with Crippen LogP contribution in [0.3, 0.4) is 0 Å². The summed E-state index contributed by atoms with van der Waals surface area (Å²) in [4.78, 5) is 28.9. The van der Waals surface area contributed by atoms with Crippen molar-refractivity contribution in [2.75, 3.05) is 27.2 Å². The van der Waals surface area contributed by atoms with Gasteiger partial charge in [0.1, 0.15) is 4.83 Å². The lowest BCUT2D eigenvalue weighted by Gasteiger charge is -2.17. The summed E-state index contributed by atoms with van der Waals surface area (Å²) in [7, 11) is 3.63. The van der Waals surface area contributed by atoms with Crippen LogP contribution in [0.4, 0.5) is 0 Å². The van der Waals surface area contributed by atoms with Gasteiger partial charge in [-0.15, -0.1) is 22.7 Å². The summed E-state index contributed by atoms with van der Waals surface area (Å²) in [6.45, 7) is 5.02. The molecular weight excluding hydrogens is 364 g/mol. The molecule has 26 heavy (non-hydrogen) atoms. The predicted octanol–water partition coefficient (Wildman–Crippen LogP) is 3.75. The fourth-order valence-electron chi connectivity index (χ4n) is 3.63. The lowest BCUT2D eigenvalue weighted by atomic mass is 9.95. The Hall–Kier alpha value is -1.83. The molecule has 0 bridgehead atoms. The predicted molar refractivity (Wildman–Crippen MR) is 107 cm³/mol. The lowest BCUT2D eigenvalue weighted by molar-refractivity contribution is 0.0831. The number of pyridine rings is 1. The number of fused-ring (bicyclic) bond motifs is 1. The zero-order valence-corrected chi connectivity index (χ0v) is 16.9. The van der Waals surface area contributed by atoms with Gasteiger partial charge in [0.25, 0.3) is 5.91 Å². The largest absolute Gasteiger partial charge is 0.344 e. The Bertz CT molecular complexity index is 946. The minimum atomic E-state index is 0.0829. The summed E-state index contributed by atoms with van der Waals surface area (Å²) in [5.74, 6) is 0.459. The molecule has 0 aliphatic carbocycles. The van der Waals surface area contributed by atoms with E-state index in [0.717, 1.165) is 46.2 Å². The van der Waals surface area contributed by atoms with Gasteiger partial charge in [-0.25, -0.2) is 9.97 Å². The Balaban J connectivity index is 1.63. The van der Waals surface area contributed by atoms with Crippen LogP contribution in [0.25, 0.3) is 10.2 Å². The van der Waals surface area contributed by atoms with E-state index in [1.807, 2.05) is 33.3 Å². The van der Waals surface area contributed by atoms with Gasteiger partial charge in [-0.2, -0.15) is 0 Å². The smallest absolute Gasteiger partial charge is 0.263 e. The molecule has 3 aromatic rings. The van der Waals surface area contributed by atoms with Crippen LogP contribution in [-0.4, -0.2) is 52.9 Å². The van der Waals surface area contributed by atoms with Gasteiger partial charge in [-0.1, -0.05) is 6.07 Å². The molecule has 0 radical (unpaired) electrons. The second kappa shape index (κ2) is 7.06. The van der Waals surface area contributed by atoms with Crippen molar-refractivity contribution >= 4 is 38.8 Å². The minimum absolute atomic E-state index is 0.0829. The molecule has 1 saturated heterocycles. The summed E-state index contributed by atoms with van der Waals surface area (Å²) in [5, 5.41) is 2.26. The number of carbonyl (C=O) groups excluding carboxylic acids is 1. The molecule has 0 saturated carbocycles. The van der Waals surface area contributed by atoms with Gasteiger partial charge in [0.2, 0.25) is 0 Å². The van der Waals surface area contributed by atoms with E-state index >= 15 is 0 Å². The van der Waals surface area contributed by atoms with E-state index in [-0.39, 0.29) is 5.91 Å². The molecule has 0 unspecified atom stereocenters. The number of rotatable bonds is 4. The normalized spacial score (nSPS) is 17.9. The Morgan fingerprint density at radius 3 is 2.92 bits per heavy atom. The average Bonchev–Trinajstić information content (AvgIpc) is 3.32. The van der Waals surface area contributed by atoms with Crippen molar-refractivity contribution in [1.82, 2.24) is 19.8 Å². The third-order valence-corrected chi connectivity index (χ3v) is 6.85. The van der Waals surface area contributed by atoms with E-state index in [4.69, 9.17) is 0 Å². The Labute approximate surface area is 161 Å². The number of hydrogen-bond donors (Lipinski definition) is 0. The van der Waals surface area contributed by atoms with E-state index in [2.05, 4.69) is 20.9 Å². The summed E-state index contributed by atoms with van der Waals surface area (Å²) in [6, 6.07) is 4.07. The van der Waals surface area contributed by atoms with Crippen LogP contribution in [0.5, 0.6) is 0 Å². The monoisotopic (exact) mass is 386 g/mol. The Morgan fingerprint density at radius 2 is 2.19 bits per heavy atom. The number of aromatic nitrogens is 2. The van der Waals surface area contributed by atoms with Crippen molar-refractivity contribution in [2.24, 2.45) is 0 Å². The van der Waals surface area contributed by atoms with Crippen LogP contribution >= 0.6 is 22.7 Å². The number of nitrogens with zero attached hydrogens (tertiary/aromatic N) is 4. The number of amides is 1. The van der Waals surface area contributed by atoms with Crippen molar-refractivity contribution in [3.8, 4) is 0 Å². The van der Waals surface area contributed by atoms with Crippen molar-refractivity contribution in [2.45, 2.75) is 25.8 Å². The van der Waals surface area contributed by atoms with Gasteiger partial charge >= 0.3 is 0 Å². The van der Waals surface area contributed by atoms with Gasteiger partial charge in [0, 0.05) is 55.8 Å². The van der Waals surface area contributed by atoms with Crippen LogP contribution < -0.4 is 0 Å². The molecule has 4 heterocycles. The molecule has 5 nitrogen and oxygen atoms in total. The highest BCUT2D eigenvalue weighted by atomic mass is 32.1. The summed E-state index contributed by atoms with van der Waals surface area (Å²) in [5.41, 5.74) is 1.19. The van der Waals surface area contributed by atoms with E-state index in [1.54, 1.807) is 22.4 Å². The standard InChI is InChI=1S/C19H22N4OS2/c1-12-21-9-14(25-12)11-23-8-6-13(10-23)16-15-5-4-7-20-18(15)26-17(16)19(24)22(2)3/h4-5,7,9,13H,6,8,10-11H2,1-3H3/t13-/m0/s1. The van der Waals surface area contributed by atoms with Crippen LogP contribution in [0.15, 0.2) is 24.5 Å². The highest BCUT2D eigenvalue weighted by Crippen LogP contribution is 2.40. The highest BCUT2D eigenvalue weighted by molar-refractivity contribution is 7.20. The average molecular weight is 387 g/mol. The third kappa shape index (κ3) is 3.26. The maximum absolute atomic E-state index is 12.8. The molecule has 0 aromatic carbocycles. The minimum Gasteiger partial charge on any atom is -0.344 e. The second-order valence-electron chi connectivity index (χ2n) is 6.97. The van der Waals surface area contributed by atoms with Crippen LogP contribution in [0, 0.1) is 6.92 Å². The van der Waals surface area contributed by atoms with E-state index in [1.165, 1.54) is 21.8 Å². The summed E-state index contributed by atoms with van der Waals surface area (Å²) >= 11 is 3.29. The SMILES string of the molecule is Cc1ncc(CN2CC[C@H](c3c(C(=O)N(C)C)sc4ncccc34)C2)s1. The van der Waals surface area contributed by atoms with Gasteiger partial charge in [-0.05, 0) is 31.5 Å². The van der Waals surface area contributed by atoms with E-state index in [0.29, 0.717) is 5.92 Å². The van der Waals surface area contributed by atoms with Crippen molar-refractivity contribution in [3.63, 3.8) is 0 Å². The fourth-order valence-corrected chi connectivity index (χ4v) is 5.72. The molecule has 4 rings (SSSR count). The fraction of sp³-hybridized carbons (Fsp3) is 0.421. The van der Waals surface area contributed by atoms with Crippen LogP contribution in [0.2, 0.25) is 0 Å². The molecule has 1 aliphatic rings. The molecule has 1 atom stereocenters. The molecule has 136 valence electrons. The molecule has 3 aromatic heterocycles. The van der Waals surface area contributed by atoms with Crippen molar-refractivity contribution in [1.29, 1.82) is 0 Å². The quantitative estimate of drug-likeness (QED) is 0.685. The maximum atomic E-state index is 12.8. The number of thiazole rings is 1. The Morgan fingerprint density at radius 1 is 1.35 bits per heavy atom. The van der Waals surface area contributed by atoms with Gasteiger partial charge in [0.15, 0.2) is 0 Å². The zero-order chi connectivity index (χ0) is 18.3. The molecule has 7 heteroatoms. The molecule has 0 spiro atoms. The number of likely N-dealkylation sites (tertiary alicyclic amines) is 1. The highest BCUT2D eigenvalue weighted by Gasteiger charge is 2.31. The molecule has 1 fully saturated rings. The first-order chi connectivity index (χ1) is 12.5. The molecular formula is C19H22N4OS2. The van der Waals surface area contributed by atoms with Crippen molar-refractivity contribution < 1.29 is 4.79 Å². The molecule has 1 amide bonds.